The molecular formula is C10H14. The molecule has 0 aliphatic heterocycles. The Hall–Kier alpha value is -0.260. The van der Waals surface area contributed by atoms with Crippen LogP contribution in [0.3, 0.4) is 0 Å². The summed E-state index contributed by atoms with van der Waals surface area (Å²) in [5.41, 5.74) is 0. The van der Waals surface area contributed by atoms with Crippen LogP contribution in [0, 0.1) is 23.7 Å². The van der Waals surface area contributed by atoms with Crippen LogP contribution in [0.15, 0.2) is 12.2 Å². The van der Waals surface area contributed by atoms with Crippen molar-refractivity contribution in [2.24, 2.45) is 23.7 Å². The molecule has 54 valence electrons. The Morgan fingerprint density at radius 2 is 2.00 bits per heavy atom. The first-order valence-corrected chi connectivity index (χ1v) is 4.62. The van der Waals surface area contributed by atoms with Gasteiger partial charge in [0.15, 0.2) is 0 Å². The fraction of sp³-hybridized carbons (Fsp3) is 0.800. The van der Waals surface area contributed by atoms with E-state index in [1.165, 1.54) is 12.8 Å². The van der Waals surface area contributed by atoms with E-state index in [-0.39, 0.29) is 0 Å². The van der Waals surface area contributed by atoms with E-state index in [9.17, 15) is 0 Å². The highest BCUT2D eigenvalue weighted by Crippen LogP contribution is 2.56. The minimum absolute atomic E-state index is 1.03. The second-order valence-corrected chi connectivity index (χ2v) is 4.24. The van der Waals surface area contributed by atoms with Crippen LogP contribution in [0.2, 0.25) is 0 Å². The summed E-state index contributed by atoms with van der Waals surface area (Å²) in [6, 6.07) is 0. The van der Waals surface area contributed by atoms with Crippen molar-refractivity contribution in [2.45, 2.75) is 25.7 Å². The van der Waals surface area contributed by atoms with Gasteiger partial charge in [-0.15, -0.1) is 0 Å². The van der Waals surface area contributed by atoms with Crippen LogP contribution < -0.4 is 0 Å². The molecule has 0 aromatic carbocycles. The molecule has 0 spiro atoms. The molecule has 0 unspecified atom stereocenters. The maximum atomic E-state index is 2.49. The second kappa shape index (κ2) is 1.66. The van der Waals surface area contributed by atoms with Crippen molar-refractivity contribution >= 4 is 0 Å². The fourth-order valence-electron chi connectivity index (χ4n) is 3.50. The molecule has 2 saturated carbocycles. The highest BCUT2D eigenvalue weighted by Gasteiger charge is 2.47. The maximum absolute atomic E-state index is 2.49. The lowest BCUT2D eigenvalue weighted by Gasteiger charge is -2.23. The molecule has 4 atom stereocenters. The van der Waals surface area contributed by atoms with Crippen LogP contribution in [0.1, 0.15) is 25.7 Å². The lowest BCUT2D eigenvalue weighted by atomic mass is 9.82. The van der Waals surface area contributed by atoms with Gasteiger partial charge in [-0.1, -0.05) is 12.2 Å². The molecule has 3 aliphatic carbocycles. The summed E-state index contributed by atoms with van der Waals surface area (Å²) in [5, 5.41) is 0. The van der Waals surface area contributed by atoms with Gasteiger partial charge in [0.2, 0.25) is 0 Å². The molecule has 2 fully saturated rings. The highest BCUT2D eigenvalue weighted by atomic mass is 14.5. The average molecular weight is 134 g/mol. The lowest BCUT2D eigenvalue weighted by molar-refractivity contribution is 0.285. The number of allylic oxidation sites excluding steroid dienone is 2. The van der Waals surface area contributed by atoms with Crippen molar-refractivity contribution in [1.82, 2.24) is 0 Å². The van der Waals surface area contributed by atoms with Gasteiger partial charge in [0, 0.05) is 0 Å². The topological polar surface area (TPSA) is 0 Å². The van der Waals surface area contributed by atoms with Crippen LogP contribution in [0.4, 0.5) is 0 Å². The predicted octanol–water partition coefficient (Wildman–Crippen LogP) is 2.61. The molecule has 0 heteroatoms. The summed E-state index contributed by atoms with van der Waals surface area (Å²) in [4.78, 5) is 0. The molecule has 0 nitrogen and oxygen atoms in total. The molecule has 3 rings (SSSR count). The van der Waals surface area contributed by atoms with E-state index in [0.29, 0.717) is 0 Å². The molecule has 3 aliphatic rings. The van der Waals surface area contributed by atoms with Crippen molar-refractivity contribution in [1.29, 1.82) is 0 Å². The second-order valence-electron chi connectivity index (χ2n) is 4.24. The normalized spacial score (nSPS) is 56.0. The van der Waals surface area contributed by atoms with E-state index in [0.717, 1.165) is 23.7 Å². The van der Waals surface area contributed by atoms with Gasteiger partial charge < -0.3 is 0 Å². The first-order chi connectivity index (χ1) is 4.95. The summed E-state index contributed by atoms with van der Waals surface area (Å²) in [6.07, 6.45) is 11.0. The summed E-state index contributed by atoms with van der Waals surface area (Å²) < 4.78 is 0. The molecule has 0 N–H and O–H groups in total. The average Bonchev–Trinajstić information content (AvgIpc) is 2.60. The third kappa shape index (κ3) is 0.492. The van der Waals surface area contributed by atoms with Crippen molar-refractivity contribution < 1.29 is 0 Å². The van der Waals surface area contributed by atoms with Crippen molar-refractivity contribution in [3.8, 4) is 0 Å². The largest absolute Gasteiger partial charge is 0.0879 e. The zero-order chi connectivity index (χ0) is 6.55. The quantitative estimate of drug-likeness (QED) is 0.447. The molecule has 0 radical (unpaired) electrons. The molecule has 0 heterocycles. The Morgan fingerprint density at radius 3 is 2.90 bits per heavy atom. The Labute approximate surface area is 62.3 Å². The first-order valence-electron chi connectivity index (χ1n) is 4.62. The molecule has 2 bridgehead atoms. The molecule has 10 heavy (non-hydrogen) atoms. The van der Waals surface area contributed by atoms with E-state index in [1.54, 1.807) is 12.8 Å². The van der Waals surface area contributed by atoms with Gasteiger partial charge in [0.1, 0.15) is 0 Å². The lowest BCUT2D eigenvalue weighted by Crippen LogP contribution is -2.16. The van der Waals surface area contributed by atoms with Crippen LogP contribution in [-0.2, 0) is 0 Å². The number of fused-ring (bicyclic) bond motifs is 5. The third-order valence-corrected chi connectivity index (χ3v) is 3.92. The molecule has 0 saturated heterocycles. The zero-order valence-corrected chi connectivity index (χ0v) is 6.29. The molecular weight excluding hydrogens is 120 g/mol. The van der Waals surface area contributed by atoms with E-state index in [4.69, 9.17) is 0 Å². The number of hydrogen-bond acceptors (Lipinski definition) is 0. The van der Waals surface area contributed by atoms with Crippen LogP contribution in [0.5, 0.6) is 0 Å². The Balaban J connectivity index is 1.97. The van der Waals surface area contributed by atoms with Crippen LogP contribution in [0.25, 0.3) is 0 Å². The van der Waals surface area contributed by atoms with E-state index < -0.39 is 0 Å². The summed E-state index contributed by atoms with van der Waals surface area (Å²) in [5.74, 6) is 4.36. The van der Waals surface area contributed by atoms with Crippen molar-refractivity contribution in [3.05, 3.63) is 12.2 Å². The SMILES string of the molecule is C1=C[C@H]2[C@@H]3CC[C@H](C3)[C@H]2C1. The Morgan fingerprint density at radius 1 is 1.10 bits per heavy atom. The van der Waals surface area contributed by atoms with Gasteiger partial charge in [0.05, 0.1) is 0 Å². The smallest absolute Gasteiger partial charge is 0.0171 e. The maximum Gasteiger partial charge on any atom is -0.0171 e. The predicted molar refractivity (Wildman–Crippen MR) is 41.6 cm³/mol. The van der Waals surface area contributed by atoms with Gasteiger partial charge >= 0.3 is 0 Å². The van der Waals surface area contributed by atoms with Crippen LogP contribution >= 0.6 is 0 Å². The summed E-state index contributed by atoms with van der Waals surface area (Å²) in [7, 11) is 0. The van der Waals surface area contributed by atoms with Gasteiger partial charge in [0.25, 0.3) is 0 Å². The Kier molecular flexibility index (Phi) is 0.898. The zero-order valence-electron chi connectivity index (χ0n) is 6.29. The van der Waals surface area contributed by atoms with Crippen LogP contribution in [-0.4, -0.2) is 0 Å². The van der Waals surface area contributed by atoms with Crippen molar-refractivity contribution in [3.63, 3.8) is 0 Å². The van der Waals surface area contributed by atoms with E-state index in [2.05, 4.69) is 12.2 Å². The minimum Gasteiger partial charge on any atom is -0.0879 e. The first kappa shape index (κ1) is 5.40. The van der Waals surface area contributed by atoms with Gasteiger partial charge in [-0.25, -0.2) is 0 Å². The number of hydrogen-bond donors (Lipinski definition) is 0. The summed E-state index contributed by atoms with van der Waals surface area (Å²) >= 11 is 0. The molecule has 0 aromatic rings. The highest BCUT2D eigenvalue weighted by molar-refractivity contribution is 5.11. The Bertz CT molecular complexity index is 180. The monoisotopic (exact) mass is 134 g/mol. The fourth-order valence-corrected chi connectivity index (χ4v) is 3.50. The minimum atomic E-state index is 1.03. The molecule has 0 amide bonds. The van der Waals surface area contributed by atoms with Gasteiger partial charge in [-0.2, -0.15) is 0 Å². The standard InChI is InChI=1S/C10H14/c1-2-9-7-4-5-8(6-7)10(9)3-1/h1-2,7-10H,3-6H2/t7-,8-,9+,10-/m1/s1. The number of rotatable bonds is 0. The summed E-state index contributed by atoms with van der Waals surface area (Å²) in [6.45, 7) is 0. The van der Waals surface area contributed by atoms with Crippen molar-refractivity contribution in [2.75, 3.05) is 0 Å². The van der Waals surface area contributed by atoms with E-state index in [1.807, 2.05) is 0 Å². The van der Waals surface area contributed by atoms with Gasteiger partial charge in [-0.3, -0.25) is 0 Å². The van der Waals surface area contributed by atoms with E-state index >= 15 is 0 Å². The molecule has 0 aromatic heterocycles. The van der Waals surface area contributed by atoms with Gasteiger partial charge in [-0.05, 0) is 49.4 Å². The third-order valence-electron chi connectivity index (χ3n) is 3.92.